The lowest BCUT2D eigenvalue weighted by molar-refractivity contribution is -0.139. The molecule has 0 aromatic heterocycles. The molecule has 4 rings (SSSR count). The maximum atomic E-state index is 12.6. The van der Waals surface area contributed by atoms with E-state index in [-0.39, 0.29) is 42.7 Å². The molecule has 8 heteroatoms. The third-order valence-electron chi connectivity index (χ3n) is 5.96. The maximum Gasteiger partial charge on any atom is 0.338 e. The highest BCUT2D eigenvalue weighted by Crippen LogP contribution is 2.32. The Hall–Kier alpha value is -3.55. The quantitative estimate of drug-likeness (QED) is 0.467. The van der Waals surface area contributed by atoms with E-state index >= 15 is 0 Å². The Morgan fingerprint density at radius 1 is 0.909 bits per heavy atom. The summed E-state index contributed by atoms with van der Waals surface area (Å²) in [6, 6.07) is 11.5. The highest BCUT2D eigenvalue weighted by Gasteiger charge is 2.29. The van der Waals surface area contributed by atoms with Crippen molar-refractivity contribution in [3.63, 3.8) is 0 Å². The number of amides is 1. The molecular weight excluding hydrogens is 426 g/mol. The molecule has 0 unspecified atom stereocenters. The van der Waals surface area contributed by atoms with E-state index in [1.807, 2.05) is 4.90 Å². The van der Waals surface area contributed by atoms with Gasteiger partial charge in [-0.3, -0.25) is 9.59 Å². The first kappa shape index (κ1) is 22.6. The number of ether oxygens (including phenoxy) is 4. The van der Waals surface area contributed by atoms with Crippen molar-refractivity contribution in [2.24, 2.45) is 0 Å². The number of ketones is 1. The fourth-order valence-electron chi connectivity index (χ4n) is 4.19. The van der Waals surface area contributed by atoms with Crippen LogP contribution in [0.1, 0.15) is 53.8 Å². The Morgan fingerprint density at radius 3 is 2.30 bits per heavy atom. The molecule has 2 aliphatic rings. The van der Waals surface area contributed by atoms with Gasteiger partial charge in [0.1, 0.15) is 5.75 Å². The van der Waals surface area contributed by atoms with Crippen molar-refractivity contribution in [1.29, 1.82) is 0 Å². The molecule has 2 aliphatic heterocycles. The number of likely N-dealkylation sites (tertiary alicyclic amines) is 1. The number of piperidine rings is 1. The topological polar surface area (TPSA) is 91.4 Å². The Morgan fingerprint density at radius 2 is 1.58 bits per heavy atom. The number of rotatable bonds is 7. The third kappa shape index (κ3) is 5.27. The second-order valence-corrected chi connectivity index (χ2v) is 8.31. The molecule has 8 nitrogen and oxygen atoms in total. The molecule has 2 aromatic rings. The van der Waals surface area contributed by atoms with Crippen LogP contribution < -0.4 is 14.2 Å². The minimum atomic E-state index is -0.623. The van der Waals surface area contributed by atoms with Crippen LogP contribution in [0.15, 0.2) is 42.5 Å². The summed E-state index contributed by atoms with van der Waals surface area (Å²) in [7, 11) is 0. The monoisotopic (exact) mass is 453 g/mol. The van der Waals surface area contributed by atoms with Gasteiger partial charge < -0.3 is 23.8 Å². The summed E-state index contributed by atoms with van der Waals surface area (Å²) in [5.41, 5.74) is 0.656. The third-order valence-corrected chi connectivity index (χ3v) is 5.96. The van der Waals surface area contributed by atoms with Gasteiger partial charge in [0.25, 0.3) is 5.91 Å². The summed E-state index contributed by atoms with van der Waals surface area (Å²) in [5.74, 6) is 0.538. The Labute approximate surface area is 192 Å². The SMILES string of the molecule is C[C@H]1CCC[C@H](C)N1C(=O)COc1ccc(C(=O)OCC(=O)c2ccc3c(c2)OCO3)cc1. The fourth-order valence-corrected chi connectivity index (χ4v) is 4.19. The Balaban J connectivity index is 1.26. The fraction of sp³-hybridized carbons (Fsp3) is 0.400. The number of benzene rings is 2. The molecule has 2 heterocycles. The average Bonchev–Trinajstić information content (AvgIpc) is 3.29. The second-order valence-electron chi connectivity index (χ2n) is 8.31. The highest BCUT2D eigenvalue weighted by atomic mass is 16.7. The van der Waals surface area contributed by atoms with Crippen LogP contribution in [-0.4, -0.2) is 54.7 Å². The number of nitrogens with zero attached hydrogens (tertiary/aromatic N) is 1. The predicted octanol–water partition coefficient (Wildman–Crippen LogP) is 3.62. The molecule has 1 fully saturated rings. The van der Waals surface area contributed by atoms with E-state index in [1.54, 1.807) is 42.5 Å². The average molecular weight is 453 g/mol. The van der Waals surface area contributed by atoms with Crippen molar-refractivity contribution in [2.75, 3.05) is 20.0 Å². The molecule has 33 heavy (non-hydrogen) atoms. The van der Waals surface area contributed by atoms with Crippen molar-refractivity contribution < 1.29 is 33.3 Å². The number of Topliss-reactive ketones (excluding diaryl/α,β-unsaturated/α-hetero) is 1. The van der Waals surface area contributed by atoms with Gasteiger partial charge in [0.05, 0.1) is 5.56 Å². The normalized spacial score (nSPS) is 19.2. The van der Waals surface area contributed by atoms with Gasteiger partial charge in [-0.15, -0.1) is 0 Å². The molecule has 1 saturated heterocycles. The molecule has 1 amide bonds. The van der Waals surface area contributed by atoms with Crippen LogP contribution in [0.4, 0.5) is 0 Å². The summed E-state index contributed by atoms with van der Waals surface area (Å²) < 4.78 is 21.2. The van der Waals surface area contributed by atoms with E-state index in [0.29, 0.717) is 22.8 Å². The standard InChI is InChI=1S/C25H27NO7/c1-16-4-3-5-17(2)26(16)24(28)14-30-20-9-6-18(7-10-20)25(29)31-13-21(27)19-8-11-22-23(12-19)33-15-32-22/h6-12,16-17H,3-5,13-15H2,1-2H3/t16-,17-/m0/s1. The van der Waals surface area contributed by atoms with Crippen molar-refractivity contribution >= 4 is 17.7 Å². The predicted molar refractivity (Wildman–Crippen MR) is 119 cm³/mol. The van der Waals surface area contributed by atoms with Gasteiger partial charge in [-0.25, -0.2) is 4.79 Å². The molecular formula is C25H27NO7. The zero-order chi connectivity index (χ0) is 23.4. The first-order valence-corrected chi connectivity index (χ1v) is 11.1. The minimum absolute atomic E-state index is 0.0415. The number of hydrogen-bond acceptors (Lipinski definition) is 7. The van der Waals surface area contributed by atoms with Gasteiger partial charge in [0, 0.05) is 17.6 Å². The zero-order valence-electron chi connectivity index (χ0n) is 18.7. The molecule has 0 spiro atoms. The van der Waals surface area contributed by atoms with Crippen LogP contribution in [0, 0.1) is 0 Å². The zero-order valence-corrected chi connectivity index (χ0v) is 18.7. The lowest BCUT2D eigenvalue weighted by atomic mass is 9.97. The minimum Gasteiger partial charge on any atom is -0.484 e. The largest absolute Gasteiger partial charge is 0.484 e. The molecule has 174 valence electrons. The number of carbonyl (C=O) groups excluding carboxylic acids is 3. The van der Waals surface area contributed by atoms with Gasteiger partial charge in [0.15, 0.2) is 30.5 Å². The summed E-state index contributed by atoms with van der Waals surface area (Å²) in [6.45, 7) is 3.79. The summed E-state index contributed by atoms with van der Waals surface area (Å²) in [4.78, 5) is 39.1. The Bertz CT molecular complexity index is 1020. The molecule has 2 atom stereocenters. The van der Waals surface area contributed by atoms with Gasteiger partial charge in [-0.2, -0.15) is 0 Å². The molecule has 2 aromatic carbocycles. The number of esters is 1. The van der Waals surface area contributed by atoms with E-state index in [1.165, 1.54) is 0 Å². The van der Waals surface area contributed by atoms with Crippen LogP contribution in [0.5, 0.6) is 17.2 Å². The first-order valence-electron chi connectivity index (χ1n) is 11.1. The summed E-state index contributed by atoms with van der Waals surface area (Å²) in [6.07, 6.45) is 3.14. The van der Waals surface area contributed by atoms with E-state index in [9.17, 15) is 14.4 Å². The number of hydrogen-bond donors (Lipinski definition) is 0. The second kappa shape index (κ2) is 9.94. The van der Waals surface area contributed by atoms with E-state index in [0.717, 1.165) is 19.3 Å². The van der Waals surface area contributed by atoms with Crippen molar-refractivity contribution in [2.45, 2.75) is 45.2 Å². The van der Waals surface area contributed by atoms with Crippen LogP contribution in [0.3, 0.4) is 0 Å². The number of fused-ring (bicyclic) bond motifs is 1. The van der Waals surface area contributed by atoms with Crippen molar-refractivity contribution in [3.05, 3.63) is 53.6 Å². The summed E-state index contributed by atoms with van der Waals surface area (Å²) >= 11 is 0. The maximum absolute atomic E-state index is 12.6. The van der Waals surface area contributed by atoms with Gasteiger partial charge in [-0.05, 0) is 75.6 Å². The molecule has 0 radical (unpaired) electrons. The van der Waals surface area contributed by atoms with E-state index in [2.05, 4.69) is 13.8 Å². The molecule has 0 bridgehead atoms. The molecule has 0 N–H and O–H groups in total. The van der Waals surface area contributed by atoms with Crippen LogP contribution in [-0.2, 0) is 9.53 Å². The van der Waals surface area contributed by atoms with Gasteiger partial charge in [-0.1, -0.05) is 0 Å². The van der Waals surface area contributed by atoms with Crippen molar-refractivity contribution in [3.8, 4) is 17.2 Å². The smallest absolute Gasteiger partial charge is 0.338 e. The van der Waals surface area contributed by atoms with E-state index < -0.39 is 12.6 Å². The summed E-state index contributed by atoms with van der Waals surface area (Å²) in [5, 5.41) is 0. The molecule has 0 aliphatic carbocycles. The lowest BCUT2D eigenvalue weighted by Crippen LogP contribution is -2.49. The van der Waals surface area contributed by atoms with Gasteiger partial charge in [0.2, 0.25) is 6.79 Å². The Kier molecular flexibility index (Phi) is 6.82. The van der Waals surface area contributed by atoms with Crippen molar-refractivity contribution in [1.82, 2.24) is 4.90 Å². The van der Waals surface area contributed by atoms with Crippen LogP contribution in [0.25, 0.3) is 0 Å². The van der Waals surface area contributed by atoms with Gasteiger partial charge >= 0.3 is 5.97 Å². The first-order chi connectivity index (χ1) is 15.9. The van der Waals surface area contributed by atoms with Crippen LogP contribution in [0.2, 0.25) is 0 Å². The molecule has 0 saturated carbocycles. The highest BCUT2D eigenvalue weighted by molar-refractivity contribution is 5.99. The van der Waals surface area contributed by atoms with Crippen LogP contribution >= 0.6 is 0 Å². The van der Waals surface area contributed by atoms with E-state index in [4.69, 9.17) is 18.9 Å². The lowest BCUT2D eigenvalue weighted by Gasteiger charge is -2.38. The number of carbonyl (C=O) groups is 3.